The van der Waals surface area contributed by atoms with Crippen molar-refractivity contribution in [3.8, 4) is 0 Å². The molecule has 1 atom stereocenters. The van der Waals surface area contributed by atoms with Crippen molar-refractivity contribution in [3.05, 3.63) is 0 Å². The van der Waals surface area contributed by atoms with Gasteiger partial charge in [-0.1, -0.05) is 0 Å². The van der Waals surface area contributed by atoms with Gasteiger partial charge < -0.3 is 10.6 Å². The highest BCUT2D eigenvalue weighted by Gasteiger charge is 1.92. The van der Waals surface area contributed by atoms with Gasteiger partial charge in [0.2, 0.25) is 0 Å². The topological polar surface area (TPSA) is 29.3 Å². The number of nitrogens with zero attached hydrogens (tertiary/aromatic N) is 1. The maximum absolute atomic E-state index is 5.45. The standard InChI is InChI=1S/C5H14N2/c1-5(6)4-7(2)3/h5H,4,6H2,1-3H3/t5-/m1/s1. The molecule has 7 heavy (non-hydrogen) atoms. The molecule has 0 heterocycles. The fourth-order valence-corrected chi connectivity index (χ4v) is 0.576. The van der Waals surface area contributed by atoms with Crippen LogP contribution in [-0.4, -0.2) is 31.6 Å². The van der Waals surface area contributed by atoms with Crippen LogP contribution in [0.25, 0.3) is 0 Å². The second kappa shape index (κ2) is 2.99. The summed E-state index contributed by atoms with van der Waals surface area (Å²) in [5.41, 5.74) is 5.45. The van der Waals surface area contributed by atoms with E-state index in [2.05, 4.69) is 4.90 Å². The summed E-state index contributed by atoms with van der Waals surface area (Å²) in [6, 6.07) is 0.301. The summed E-state index contributed by atoms with van der Waals surface area (Å²) in [6.45, 7) is 2.97. The molecule has 0 fully saturated rings. The third-order valence-electron chi connectivity index (χ3n) is 0.653. The smallest absolute Gasteiger partial charge is 0.0138 e. The molecule has 0 bridgehead atoms. The minimum atomic E-state index is 0.301. The van der Waals surface area contributed by atoms with Gasteiger partial charge in [-0.05, 0) is 21.0 Å². The number of likely N-dealkylation sites (N-methyl/N-ethyl adjacent to an activating group) is 1. The van der Waals surface area contributed by atoms with E-state index in [1.807, 2.05) is 21.0 Å². The van der Waals surface area contributed by atoms with Gasteiger partial charge in [0.25, 0.3) is 0 Å². The van der Waals surface area contributed by atoms with Crippen molar-refractivity contribution < 1.29 is 0 Å². The largest absolute Gasteiger partial charge is 0.327 e. The Morgan fingerprint density at radius 1 is 1.57 bits per heavy atom. The molecule has 0 radical (unpaired) electrons. The fraction of sp³-hybridized carbons (Fsp3) is 1.00. The summed E-state index contributed by atoms with van der Waals surface area (Å²) in [7, 11) is 4.03. The Labute approximate surface area is 45.3 Å². The first-order valence-corrected chi connectivity index (χ1v) is 2.53. The van der Waals surface area contributed by atoms with Crippen LogP contribution in [0.1, 0.15) is 6.92 Å². The van der Waals surface area contributed by atoms with Gasteiger partial charge in [0.15, 0.2) is 0 Å². The van der Waals surface area contributed by atoms with Crippen molar-refractivity contribution in [2.75, 3.05) is 20.6 Å². The Kier molecular flexibility index (Phi) is 2.96. The van der Waals surface area contributed by atoms with Crippen molar-refractivity contribution in [3.63, 3.8) is 0 Å². The SMILES string of the molecule is C[C@@H](N)CN(C)C. The molecule has 0 aliphatic carbocycles. The molecule has 2 nitrogen and oxygen atoms in total. The van der Waals surface area contributed by atoms with E-state index in [9.17, 15) is 0 Å². The van der Waals surface area contributed by atoms with E-state index in [0.717, 1.165) is 6.54 Å². The predicted molar refractivity (Wildman–Crippen MR) is 32.2 cm³/mol. The maximum atomic E-state index is 5.45. The molecule has 0 saturated carbocycles. The minimum Gasteiger partial charge on any atom is -0.327 e. The first-order valence-electron chi connectivity index (χ1n) is 2.53. The normalized spacial score (nSPS) is 15.0. The minimum absolute atomic E-state index is 0.301. The quantitative estimate of drug-likeness (QED) is 0.527. The van der Waals surface area contributed by atoms with Gasteiger partial charge in [0, 0.05) is 12.6 Å². The lowest BCUT2D eigenvalue weighted by molar-refractivity contribution is 0.383. The number of nitrogens with two attached hydrogens (primary N) is 1. The molecule has 0 unspecified atom stereocenters. The van der Waals surface area contributed by atoms with Crippen molar-refractivity contribution >= 4 is 0 Å². The Balaban J connectivity index is 2.95. The van der Waals surface area contributed by atoms with Crippen LogP contribution in [0, 0.1) is 0 Å². The zero-order valence-corrected chi connectivity index (χ0v) is 5.31. The van der Waals surface area contributed by atoms with Crippen LogP contribution in [-0.2, 0) is 0 Å². The van der Waals surface area contributed by atoms with Gasteiger partial charge in [0.05, 0.1) is 0 Å². The molecule has 2 heteroatoms. The second-order valence-corrected chi connectivity index (χ2v) is 2.24. The van der Waals surface area contributed by atoms with E-state index in [4.69, 9.17) is 5.73 Å². The van der Waals surface area contributed by atoms with Gasteiger partial charge in [-0.3, -0.25) is 0 Å². The molecule has 0 amide bonds. The van der Waals surface area contributed by atoms with Gasteiger partial charge >= 0.3 is 0 Å². The van der Waals surface area contributed by atoms with E-state index in [-0.39, 0.29) is 0 Å². The summed E-state index contributed by atoms with van der Waals surface area (Å²) < 4.78 is 0. The Hall–Kier alpha value is -0.0800. The molecule has 0 aliphatic heterocycles. The molecule has 2 N–H and O–H groups in total. The molecule has 0 aromatic carbocycles. The first-order chi connectivity index (χ1) is 3.13. The Morgan fingerprint density at radius 2 is 2.00 bits per heavy atom. The number of rotatable bonds is 2. The molecule has 0 saturated heterocycles. The highest BCUT2D eigenvalue weighted by Crippen LogP contribution is 1.76. The van der Waals surface area contributed by atoms with Crippen molar-refractivity contribution in [2.24, 2.45) is 5.73 Å². The molecule has 0 spiro atoms. The molecular weight excluding hydrogens is 88.1 g/mol. The average Bonchev–Trinajstić information content (AvgIpc) is 1.27. The number of hydrogen-bond acceptors (Lipinski definition) is 2. The molecule has 0 rings (SSSR count). The van der Waals surface area contributed by atoms with Crippen LogP contribution in [0.2, 0.25) is 0 Å². The first kappa shape index (κ1) is 6.92. The second-order valence-electron chi connectivity index (χ2n) is 2.24. The fourth-order valence-electron chi connectivity index (χ4n) is 0.576. The lowest BCUT2D eigenvalue weighted by Gasteiger charge is -2.11. The van der Waals surface area contributed by atoms with Crippen LogP contribution in [0.5, 0.6) is 0 Å². The van der Waals surface area contributed by atoms with E-state index < -0.39 is 0 Å². The van der Waals surface area contributed by atoms with Crippen molar-refractivity contribution in [1.29, 1.82) is 0 Å². The third kappa shape index (κ3) is 5.92. The molecular formula is C5H14N2. The monoisotopic (exact) mass is 102 g/mol. The van der Waals surface area contributed by atoms with Crippen LogP contribution < -0.4 is 5.73 Å². The highest BCUT2D eigenvalue weighted by atomic mass is 15.1. The summed E-state index contributed by atoms with van der Waals surface area (Å²) >= 11 is 0. The number of hydrogen-bond donors (Lipinski definition) is 1. The summed E-state index contributed by atoms with van der Waals surface area (Å²) in [4.78, 5) is 2.07. The Morgan fingerprint density at radius 3 is 2.00 bits per heavy atom. The maximum Gasteiger partial charge on any atom is 0.0138 e. The van der Waals surface area contributed by atoms with E-state index in [1.54, 1.807) is 0 Å². The van der Waals surface area contributed by atoms with Crippen LogP contribution in [0.15, 0.2) is 0 Å². The summed E-state index contributed by atoms with van der Waals surface area (Å²) in [5.74, 6) is 0. The van der Waals surface area contributed by atoms with Gasteiger partial charge in [-0.2, -0.15) is 0 Å². The molecule has 0 aromatic rings. The zero-order valence-electron chi connectivity index (χ0n) is 5.31. The summed E-state index contributed by atoms with van der Waals surface area (Å²) in [5, 5.41) is 0. The lowest BCUT2D eigenvalue weighted by atomic mass is 10.3. The molecule has 44 valence electrons. The lowest BCUT2D eigenvalue weighted by Crippen LogP contribution is -2.29. The molecule has 0 aromatic heterocycles. The zero-order chi connectivity index (χ0) is 5.86. The van der Waals surface area contributed by atoms with Crippen LogP contribution in [0.4, 0.5) is 0 Å². The Bertz CT molecular complexity index is 35.3. The van der Waals surface area contributed by atoms with Crippen molar-refractivity contribution in [1.82, 2.24) is 4.90 Å². The van der Waals surface area contributed by atoms with Crippen LogP contribution >= 0.6 is 0 Å². The summed E-state index contributed by atoms with van der Waals surface area (Å²) in [6.07, 6.45) is 0. The van der Waals surface area contributed by atoms with Gasteiger partial charge in [-0.25, -0.2) is 0 Å². The van der Waals surface area contributed by atoms with Gasteiger partial charge in [0.1, 0.15) is 0 Å². The van der Waals surface area contributed by atoms with E-state index in [0.29, 0.717) is 6.04 Å². The third-order valence-corrected chi connectivity index (χ3v) is 0.653. The van der Waals surface area contributed by atoms with Crippen LogP contribution in [0.3, 0.4) is 0 Å². The van der Waals surface area contributed by atoms with E-state index >= 15 is 0 Å². The van der Waals surface area contributed by atoms with E-state index in [1.165, 1.54) is 0 Å². The predicted octanol–water partition coefficient (Wildman–Crippen LogP) is -0.105. The van der Waals surface area contributed by atoms with Gasteiger partial charge in [-0.15, -0.1) is 0 Å². The highest BCUT2D eigenvalue weighted by molar-refractivity contribution is 4.54. The average molecular weight is 102 g/mol. The van der Waals surface area contributed by atoms with Crippen molar-refractivity contribution in [2.45, 2.75) is 13.0 Å². The molecule has 0 aliphatic rings.